The molecule has 2 N–H and O–H groups in total. The van der Waals surface area contributed by atoms with Gasteiger partial charge in [0.1, 0.15) is 11.0 Å². The molecule has 0 aliphatic carbocycles. The molecular formula is C20H20N4O2S. The normalized spacial score (nSPS) is 11.6. The van der Waals surface area contributed by atoms with E-state index in [0.29, 0.717) is 5.13 Å². The molecule has 7 heteroatoms. The Hall–Kier alpha value is -3.06. The van der Waals surface area contributed by atoms with Crippen molar-refractivity contribution in [2.45, 2.75) is 26.3 Å². The summed E-state index contributed by atoms with van der Waals surface area (Å²) in [5.74, 6) is -0.537. The van der Waals surface area contributed by atoms with Gasteiger partial charge in [-0.3, -0.25) is 14.9 Å². The van der Waals surface area contributed by atoms with Crippen LogP contribution in [0.25, 0.3) is 10.6 Å². The first-order chi connectivity index (χ1) is 13.0. The zero-order valence-electron chi connectivity index (χ0n) is 15.1. The Balaban J connectivity index is 1.56. The second-order valence-electron chi connectivity index (χ2n) is 6.22. The van der Waals surface area contributed by atoms with E-state index in [9.17, 15) is 9.59 Å². The van der Waals surface area contributed by atoms with E-state index in [1.165, 1.54) is 11.3 Å². The summed E-state index contributed by atoms with van der Waals surface area (Å²) in [6, 6.07) is 16.6. The fourth-order valence-electron chi connectivity index (χ4n) is 2.52. The van der Waals surface area contributed by atoms with E-state index >= 15 is 0 Å². The van der Waals surface area contributed by atoms with Crippen LogP contribution in [0.15, 0.2) is 54.6 Å². The maximum absolute atomic E-state index is 12.3. The summed E-state index contributed by atoms with van der Waals surface area (Å²) in [4.78, 5) is 24.4. The zero-order chi connectivity index (χ0) is 19.2. The Morgan fingerprint density at radius 2 is 1.85 bits per heavy atom. The summed E-state index contributed by atoms with van der Waals surface area (Å²) in [5.41, 5.74) is 2.98. The van der Waals surface area contributed by atoms with Crippen molar-refractivity contribution in [1.82, 2.24) is 15.5 Å². The lowest BCUT2D eigenvalue weighted by atomic mass is 10.1. The van der Waals surface area contributed by atoms with Gasteiger partial charge in [0.2, 0.25) is 16.9 Å². The average Bonchev–Trinajstić information content (AvgIpc) is 3.11. The van der Waals surface area contributed by atoms with E-state index < -0.39 is 6.04 Å². The smallest absolute Gasteiger partial charge is 0.248 e. The maximum atomic E-state index is 12.3. The van der Waals surface area contributed by atoms with Gasteiger partial charge in [-0.25, -0.2) is 0 Å². The predicted molar refractivity (Wildman–Crippen MR) is 106 cm³/mol. The molecule has 0 spiro atoms. The number of aromatic nitrogens is 2. The Labute approximate surface area is 161 Å². The summed E-state index contributed by atoms with van der Waals surface area (Å²) >= 11 is 1.30. The molecule has 138 valence electrons. The fraction of sp³-hybridized carbons (Fsp3) is 0.200. The van der Waals surface area contributed by atoms with E-state index in [-0.39, 0.29) is 18.2 Å². The number of carbonyl (C=O) groups is 2. The largest absolute Gasteiger partial charge is 0.344 e. The first-order valence-corrected chi connectivity index (χ1v) is 9.37. The summed E-state index contributed by atoms with van der Waals surface area (Å²) in [6.45, 7) is 3.65. The molecule has 0 fully saturated rings. The molecule has 27 heavy (non-hydrogen) atoms. The van der Waals surface area contributed by atoms with Gasteiger partial charge in [-0.2, -0.15) is 0 Å². The number of benzene rings is 2. The summed E-state index contributed by atoms with van der Waals surface area (Å²) in [6.07, 6.45) is 0.231. The van der Waals surface area contributed by atoms with Crippen molar-refractivity contribution in [3.63, 3.8) is 0 Å². The van der Waals surface area contributed by atoms with Crippen LogP contribution in [0.5, 0.6) is 0 Å². The Bertz CT molecular complexity index is 940. The van der Waals surface area contributed by atoms with Crippen LogP contribution in [0.3, 0.4) is 0 Å². The van der Waals surface area contributed by atoms with E-state index in [2.05, 4.69) is 20.8 Å². The third-order valence-electron chi connectivity index (χ3n) is 3.90. The average molecular weight is 380 g/mol. The van der Waals surface area contributed by atoms with E-state index in [4.69, 9.17) is 0 Å². The van der Waals surface area contributed by atoms with E-state index in [1.54, 1.807) is 6.92 Å². The molecule has 0 radical (unpaired) electrons. The number of carbonyl (C=O) groups excluding carboxylic acids is 2. The van der Waals surface area contributed by atoms with Crippen LogP contribution in [-0.2, 0) is 16.0 Å². The zero-order valence-corrected chi connectivity index (χ0v) is 15.9. The summed E-state index contributed by atoms with van der Waals surface area (Å²) in [7, 11) is 0. The Morgan fingerprint density at radius 1 is 1.07 bits per heavy atom. The van der Waals surface area contributed by atoms with Crippen molar-refractivity contribution in [2.24, 2.45) is 0 Å². The molecule has 1 atom stereocenters. The number of nitrogens with zero attached hydrogens (tertiary/aromatic N) is 2. The van der Waals surface area contributed by atoms with Crippen molar-refractivity contribution in [1.29, 1.82) is 0 Å². The second-order valence-corrected chi connectivity index (χ2v) is 7.20. The number of hydrogen-bond acceptors (Lipinski definition) is 5. The molecule has 1 heterocycles. The predicted octanol–water partition coefficient (Wildman–Crippen LogP) is 3.20. The van der Waals surface area contributed by atoms with Gasteiger partial charge in [-0.15, -0.1) is 10.2 Å². The van der Waals surface area contributed by atoms with Gasteiger partial charge in [0.05, 0.1) is 6.42 Å². The van der Waals surface area contributed by atoms with Crippen molar-refractivity contribution in [3.05, 3.63) is 65.7 Å². The quantitative estimate of drug-likeness (QED) is 0.688. The molecular weight excluding hydrogens is 360 g/mol. The minimum Gasteiger partial charge on any atom is -0.344 e. The van der Waals surface area contributed by atoms with Gasteiger partial charge in [0.15, 0.2) is 0 Å². The van der Waals surface area contributed by atoms with Crippen molar-refractivity contribution >= 4 is 28.3 Å². The lowest BCUT2D eigenvalue weighted by Gasteiger charge is -2.12. The molecule has 1 unspecified atom stereocenters. The van der Waals surface area contributed by atoms with Gasteiger partial charge in [0, 0.05) is 5.56 Å². The molecule has 3 rings (SSSR count). The topological polar surface area (TPSA) is 84.0 Å². The fourth-order valence-corrected chi connectivity index (χ4v) is 3.26. The van der Waals surface area contributed by atoms with E-state index in [1.807, 2.05) is 61.5 Å². The minimum atomic E-state index is -0.674. The first-order valence-electron chi connectivity index (χ1n) is 8.56. The van der Waals surface area contributed by atoms with Crippen LogP contribution >= 0.6 is 11.3 Å². The molecule has 0 bridgehead atoms. The maximum Gasteiger partial charge on any atom is 0.248 e. The van der Waals surface area contributed by atoms with Crippen LogP contribution in [0.4, 0.5) is 5.13 Å². The Kier molecular flexibility index (Phi) is 5.93. The number of anilines is 1. The number of aryl methyl sites for hydroxylation is 1. The Morgan fingerprint density at radius 3 is 2.59 bits per heavy atom. The number of hydrogen-bond donors (Lipinski definition) is 2. The number of rotatable bonds is 6. The van der Waals surface area contributed by atoms with Gasteiger partial charge in [0.25, 0.3) is 0 Å². The minimum absolute atomic E-state index is 0.207. The summed E-state index contributed by atoms with van der Waals surface area (Å²) in [5, 5.41) is 14.7. The monoisotopic (exact) mass is 380 g/mol. The highest BCUT2D eigenvalue weighted by atomic mass is 32.1. The lowest BCUT2D eigenvalue weighted by Crippen LogP contribution is -2.42. The standard InChI is InChI=1S/C20H20N4O2S/c1-13-7-6-10-16(11-13)19-23-24-20(27-19)22-18(26)14(2)21-17(25)12-15-8-4-3-5-9-15/h3-11,14H,12H2,1-2H3,(H,21,25)(H,22,24,26). The summed E-state index contributed by atoms with van der Waals surface area (Å²) < 4.78 is 0. The molecule has 3 aromatic rings. The molecule has 2 amide bonds. The molecule has 6 nitrogen and oxygen atoms in total. The number of amides is 2. The van der Waals surface area contributed by atoms with Crippen LogP contribution in [0.2, 0.25) is 0 Å². The lowest BCUT2D eigenvalue weighted by molar-refractivity contribution is -0.125. The SMILES string of the molecule is Cc1cccc(-c2nnc(NC(=O)C(C)NC(=O)Cc3ccccc3)s2)c1. The highest BCUT2D eigenvalue weighted by molar-refractivity contribution is 7.18. The third-order valence-corrected chi connectivity index (χ3v) is 4.79. The molecule has 2 aromatic carbocycles. The molecule has 0 saturated carbocycles. The number of nitrogens with one attached hydrogen (secondary N) is 2. The molecule has 0 saturated heterocycles. The van der Waals surface area contributed by atoms with Crippen molar-refractivity contribution in [2.75, 3.05) is 5.32 Å². The molecule has 1 aromatic heterocycles. The van der Waals surface area contributed by atoms with Crippen LogP contribution in [0, 0.1) is 6.92 Å². The van der Waals surface area contributed by atoms with Gasteiger partial charge in [-0.05, 0) is 25.5 Å². The van der Waals surface area contributed by atoms with Crippen molar-refractivity contribution in [3.8, 4) is 10.6 Å². The molecule has 0 aliphatic rings. The van der Waals surface area contributed by atoms with Gasteiger partial charge < -0.3 is 5.32 Å². The molecule has 0 aliphatic heterocycles. The highest BCUT2D eigenvalue weighted by Crippen LogP contribution is 2.26. The van der Waals surface area contributed by atoms with Gasteiger partial charge >= 0.3 is 0 Å². The first kappa shape index (κ1) is 18.7. The van der Waals surface area contributed by atoms with Crippen LogP contribution in [-0.4, -0.2) is 28.1 Å². The van der Waals surface area contributed by atoms with E-state index in [0.717, 1.165) is 21.7 Å². The second kappa shape index (κ2) is 8.55. The van der Waals surface area contributed by atoms with Crippen LogP contribution < -0.4 is 10.6 Å². The van der Waals surface area contributed by atoms with Gasteiger partial charge in [-0.1, -0.05) is 65.4 Å². The third kappa shape index (κ3) is 5.21. The van der Waals surface area contributed by atoms with Crippen LogP contribution in [0.1, 0.15) is 18.1 Å². The van der Waals surface area contributed by atoms with Crippen molar-refractivity contribution < 1.29 is 9.59 Å². The highest BCUT2D eigenvalue weighted by Gasteiger charge is 2.18.